The molecule has 1 aromatic rings. The summed E-state index contributed by atoms with van der Waals surface area (Å²) in [4.78, 5) is 0. The third-order valence-electron chi connectivity index (χ3n) is 3.66. The summed E-state index contributed by atoms with van der Waals surface area (Å²) in [6, 6.07) is 2.66. The van der Waals surface area contributed by atoms with Gasteiger partial charge in [-0.2, -0.15) is 5.10 Å². The predicted octanol–water partition coefficient (Wildman–Crippen LogP) is 2.66. The van der Waals surface area contributed by atoms with Gasteiger partial charge < -0.3 is 5.32 Å². The zero-order valence-corrected chi connectivity index (χ0v) is 9.90. The van der Waals surface area contributed by atoms with Gasteiger partial charge in [-0.15, -0.1) is 0 Å². The van der Waals surface area contributed by atoms with Gasteiger partial charge in [-0.1, -0.05) is 13.8 Å². The molecule has 2 rings (SSSR count). The highest BCUT2D eigenvalue weighted by atomic mass is 15.3. The predicted molar refractivity (Wildman–Crippen MR) is 62.8 cm³/mol. The van der Waals surface area contributed by atoms with Gasteiger partial charge in [0.15, 0.2) is 0 Å². The van der Waals surface area contributed by atoms with Crippen molar-refractivity contribution in [3.63, 3.8) is 0 Å². The Morgan fingerprint density at radius 2 is 2.13 bits per heavy atom. The Hall–Kier alpha value is -0.990. The average molecular weight is 207 g/mol. The Bertz CT molecular complexity index is 318. The second-order valence-electron chi connectivity index (χ2n) is 4.98. The van der Waals surface area contributed by atoms with Crippen LogP contribution in [0.4, 0.5) is 5.82 Å². The molecule has 3 nitrogen and oxygen atoms in total. The van der Waals surface area contributed by atoms with E-state index in [1.807, 2.05) is 24.0 Å². The molecule has 1 aliphatic rings. The van der Waals surface area contributed by atoms with Crippen molar-refractivity contribution >= 4 is 5.82 Å². The summed E-state index contributed by atoms with van der Waals surface area (Å²) in [6.07, 6.45) is 5.88. The quantitative estimate of drug-likeness (QED) is 0.808. The minimum absolute atomic E-state index is 0.617. The molecule has 1 fully saturated rings. The SMILES string of the molecule is C[C@@H]1CC[C@@H](Nc2ccn(C)n2)C[C@H]1C. The highest BCUT2D eigenvalue weighted by molar-refractivity contribution is 5.33. The molecule has 15 heavy (non-hydrogen) atoms. The number of aromatic nitrogens is 2. The third-order valence-corrected chi connectivity index (χ3v) is 3.66. The van der Waals surface area contributed by atoms with Crippen LogP contribution in [0.1, 0.15) is 33.1 Å². The molecule has 0 bridgehead atoms. The molecule has 0 amide bonds. The number of rotatable bonds is 2. The second-order valence-corrected chi connectivity index (χ2v) is 4.98. The van der Waals surface area contributed by atoms with E-state index >= 15 is 0 Å². The zero-order valence-electron chi connectivity index (χ0n) is 9.90. The molecule has 3 heteroatoms. The molecule has 3 atom stereocenters. The number of nitrogens with zero attached hydrogens (tertiary/aromatic N) is 2. The maximum atomic E-state index is 4.35. The van der Waals surface area contributed by atoms with E-state index in [0.29, 0.717) is 6.04 Å². The van der Waals surface area contributed by atoms with E-state index in [1.54, 1.807) is 0 Å². The first-order valence-corrected chi connectivity index (χ1v) is 5.91. The summed E-state index contributed by atoms with van der Waals surface area (Å²) in [5.74, 6) is 2.73. The van der Waals surface area contributed by atoms with Crippen molar-refractivity contribution in [1.29, 1.82) is 0 Å². The number of nitrogens with one attached hydrogen (secondary N) is 1. The van der Waals surface area contributed by atoms with Crippen molar-refractivity contribution in [3.8, 4) is 0 Å². The first kappa shape index (κ1) is 10.5. The Morgan fingerprint density at radius 1 is 1.33 bits per heavy atom. The van der Waals surface area contributed by atoms with Crippen LogP contribution in [-0.2, 0) is 7.05 Å². The van der Waals surface area contributed by atoms with Crippen molar-refractivity contribution < 1.29 is 0 Å². The van der Waals surface area contributed by atoms with Crippen molar-refractivity contribution in [3.05, 3.63) is 12.3 Å². The van der Waals surface area contributed by atoms with Crippen LogP contribution < -0.4 is 5.32 Å². The molecule has 0 aromatic carbocycles. The first-order chi connectivity index (χ1) is 7.15. The minimum atomic E-state index is 0.617. The Morgan fingerprint density at radius 3 is 2.73 bits per heavy atom. The highest BCUT2D eigenvalue weighted by Crippen LogP contribution is 2.30. The molecule has 0 radical (unpaired) electrons. The number of hydrogen-bond donors (Lipinski definition) is 1. The van der Waals surface area contributed by atoms with Crippen LogP contribution >= 0.6 is 0 Å². The standard InChI is InChI=1S/C12H21N3/c1-9-4-5-11(8-10(9)2)13-12-6-7-15(3)14-12/h6-7,9-11H,4-5,8H2,1-3H3,(H,13,14)/t9-,10-,11-/m1/s1. The molecule has 84 valence electrons. The van der Waals surface area contributed by atoms with E-state index in [0.717, 1.165) is 17.7 Å². The molecular weight excluding hydrogens is 186 g/mol. The topological polar surface area (TPSA) is 29.9 Å². The van der Waals surface area contributed by atoms with Crippen molar-refractivity contribution in [2.45, 2.75) is 39.2 Å². The van der Waals surface area contributed by atoms with E-state index < -0.39 is 0 Å². The molecule has 1 aromatic heterocycles. The van der Waals surface area contributed by atoms with Crippen LogP contribution in [0.5, 0.6) is 0 Å². The summed E-state index contributed by atoms with van der Waals surface area (Å²) >= 11 is 0. The van der Waals surface area contributed by atoms with E-state index in [4.69, 9.17) is 0 Å². The van der Waals surface area contributed by atoms with Gasteiger partial charge >= 0.3 is 0 Å². The van der Waals surface area contributed by atoms with Crippen molar-refractivity contribution in [2.75, 3.05) is 5.32 Å². The fourth-order valence-electron chi connectivity index (χ4n) is 2.38. The third kappa shape index (κ3) is 2.52. The number of anilines is 1. The summed E-state index contributed by atoms with van der Waals surface area (Å²) in [7, 11) is 1.96. The zero-order chi connectivity index (χ0) is 10.8. The van der Waals surface area contributed by atoms with Gasteiger partial charge in [-0.3, -0.25) is 4.68 Å². The lowest BCUT2D eigenvalue weighted by Gasteiger charge is -2.32. The minimum Gasteiger partial charge on any atom is -0.366 e. The van der Waals surface area contributed by atoms with Gasteiger partial charge in [-0.25, -0.2) is 0 Å². The summed E-state index contributed by atoms with van der Waals surface area (Å²) in [6.45, 7) is 4.72. The fourth-order valence-corrected chi connectivity index (χ4v) is 2.38. The van der Waals surface area contributed by atoms with Crippen LogP contribution in [-0.4, -0.2) is 15.8 Å². The van der Waals surface area contributed by atoms with Gasteiger partial charge in [0.05, 0.1) is 0 Å². The summed E-state index contributed by atoms with van der Waals surface area (Å²) in [5, 5.41) is 7.88. The van der Waals surface area contributed by atoms with E-state index in [1.165, 1.54) is 19.3 Å². The molecule has 1 N–H and O–H groups in total. The molecular formula is C12H21N3. The molecule has 0 spiro atoms. The molecule has 0 unspecified atom stereocenters. The lowest BCUT2D eigenvalue weighted by molar-refractivity contribution is 0.260. The molecule has 0 saturated heterocycles. The lowest BCUT2D eigenvalue weighted by Crippen LogP contribution is -2.30. The average Bonchev–Trinajstić information content (AvgIpc) is 2.58. The van der Waals surface area contributed by atoms with Crippen molar-refractivity contribution in [2.24, 2.45) is 18.9 Å². The Kier molecular flexibility index (Phi) is 2.98. The molecule has 1 aliphatic carbocycles. The highest BCUT2D eigenvalue weighted by Gasteiger charge is 2.24. The van der Waals surface area contributed by atoms with Crippen molar-refractivity contribution in [1.82, 2.24) is 9.78 Å². The van der Waals surface area contributed by atoms with Gasteiger partial charge in [0.25, 0.3) is 0 Å². The first-order valence-electron chi connectivity index (χ1n) is 5.91. The number of aryl methyl sites for hydroxylation is 1. The van der Waals surface area contributed by atoms with Gasteiger partial charge in [0, 0.05) is 25.4 Å². The monoisotopic (exact) mass is 207 g/mol. The van der Waals surface area contributed by atoms with Gasteiger partial charge in [-0.05, 0) is 31.1 Å². The largest absolute Gasteiger partial charge is 0.366 e. The van der Waals surface area contributed by atoms with Crippen LogP contribution in [0, 0.1) is 11.8 Å². The smallest absolute Gasteiger partial charge is 0.148 e. The Labute approximate surface area is 91.9 Å². The normalized spacial score (nSPS) is 31.5. The van der Waals surface area contributed by atoms with E-state index in [-0.39, 0.29) is 0 Å². The van der Waals surface area contributed by atoms with E-state index in [2.05, 4.69) is 24.3 Å². The maximum absolute atomic E-state index is 4.35. The summed E-state index contributed by atoms with van der Waals surface area (Å²) < 4.78 is 1.84. The second kappa shape index (κ2) is 4.25. The summed E-state index contributed by atoms with van der Waals surface area (Å²) in [5.41, 5.74) is 0. The fraction of sp³-hybridized carbons (Fsp3) is 0.750. The number of hydrogen-bond acceptors (Lipinski definition) is 2. The maximum Gasteiger partial charge on any atom is 0.148 e. The van der Waals surface area contributed by atoms with Crippen LogP contribution in [0.25, 0.3) is 0 Å². The Balaban J connectivity index is 1.90. The molecule has 0 aliphatic heterocycles. The van der Waals surface area contributed by atoms with Crippen LogP contribution in [0.3, 0.4) is 0 Å². The van der Waals surface area contributed by atoms with Crippen LogP contribution in [0.2, 0.25) is 0 Å². The van der Waals surface area contributed by atoms with E-state index in [9.17, 15) is 0 Å². The molecule has 1 saturated carbocycles. The van der Waals surface area contributed by atoms with Gasteiger partial charge in [0.2, 0.25) is 0 Å². The lowest BCUT2D eigenvalue weighted by atomic mass is 9.79. The van der Waals surface area contributed by atoms with Crippen LogP contribution in [0.15, 0.2) is 12.3 Å². The van der Waals surface area contributed by atoms with Gasteiger partial charge in [0.1, 0.15) is 5.82 Å². The molecule has 1 heterocycles.